The second-order valence-corrected chi connectivity index (χ2v) is 12.4. The molecule has 1 aromatic heterocycles. The van der Waals surface area contributed by atoms with Crippen LogP contribution in [0.5, 0.6) is 0 Å². The minimum Gasteiger partial charge on any atom is -0.350 e. The molecule has 1 saturated heterocycles. The summed E-state index contributed by atoms with van der Waals surface area (Å²) in [7, 11) is -3.26. The molecule has 0 spiro atoms. The predicted molar refractivity (Wildman–Crippen MR) is 147 cm³/mol. The number of hydrogen-bond donors (Lipinski definition) is 2. The van der Waals surface area contributed by atoms with E-state index in [1.807, 2.05) is 0 Å². The SMILES string of the molecule is CC(=O)c1cn(CC(=O)N2C[C@H](F)C[C@H]2C(=O)NCc2cccc(Cl)c2F)c2cc(S3(=O)=NC(=O)[C@H](C)N3)ccc12. The van der Waals surface area contributed by atoms with Crippen LogP contribution in [0.2, 0.25) is 5.02 Å². The zero-order chi connectivity index (χ0) is 29.6. The van der Waals surface area contributed by atoms with Gasteiger partial charge in [0.15, 0.2) is 5.78 Å². The number of carbonyl (C=O) groups excluding carboxylic acids is 4. The molecule has 0 saturated carbocycles. The molecule has 3 heterocycles. The molecular formula is C27H26ClF2N5O5S. The molecule has 1 fully saturated rings. The highest BCUT2D eigenvalue weighted by molar-refractivity contribution is 7.92. The zero-order valence-electron chi connectivity index (χ0n) is 22.0. The third-order valence-electron chi connectivity index (χ3n) is 7.14. The summed E-state index contributed by atoms with van der Waals surface area (Å²) in [6.45, 7) is 2.03. The smallest absolute Gasteiger partial charge is 0.272 e. The summed E-state index contributed by atoms with van der Waals surface area (Å²) in [6.07, 6.45) is -0.210. The molecule has 0 radical (unpaired) electrons. The lowest BCUT2D eigenvalue weighted by Crippen LogP contribution is -2.46. The van der Waals surface area contributed by atoms with Gasteiger partial charge in [-0.05, 0) is 32.0 Å². The first-order chi connectivity index (χ1) is 19.4. The van der Waals surface area contributed by atoms with Crippen molar-refractivity contribution in [3.63, 3.8) is 0 Å². The molecule has 4 atom stereocenters. The number of nitrogens with one attached hydrogen (secondary N) is 2. The summed E-state index contributed by atoms with van der Waals surface area (Å²) in [5.74, 6) is -2.75. The topological polar surface area (TPSA) is 130 Å². The number of halogens is 3. The molecule has 3 aromatic rings. The van der Waals surface area contributed by atoms with Gasteiger partial charge < -0.3 is 14.8 Å². The van der Waals surface area contributed by atoms with Crippen molar-refractivity contribution in [1.29, 1.82) is 0 Å². The lowest BCUT2D eigenvalue weighted by Gasteiger charge is -2.24. The molecule has 2 aromatic carbocycles. The maximum absolute atomic E-state index is 14.5. The Hall–Kier alpha value is -3.68. The van der Waals surface area contributed by atoms with Gasteiger partial charge in [-0.25, -0.2) is 17.7 Å². The van der Waals surface area contributed by atoms with Gasteiger partial charge in [0.1, 0.15) is 34.5 Å². The van der Waals surface area contributed by atoms with E-state index in [0.29, 0.717) is 16.5 Å². The molecule has 5 rings (SSSR count). The number of rotatable bonds is 7. The number of hydrogen-bond acceptors (Lipinski definition) is 5. The van der Waals surface area contributed by atoms with Gasteiger partial charge in [0, 0.05) is 35.7 Å². The van der Waals surface area contributed by atoms with E-state index in [-0.39, 0.29) is 47.3 Å². The van der Waals surface area contributed by atoms with E-state index >= 15 is 0 Å². The van der Waals surface area contributed by atoms with Crippen LogP contribution in [0.1, 0.15) is 36.2 Å². The maximum Gasteiger partial charge on any atom is 0.272 e. The summed E-state index contributed by atoms with van der Waals surface area (Å²) in [5, 5.41) is 2.93. The van der Waals surface area contributed by atoms with Crippen LogP contribution >= 0.6 is 11.6 Å². The summed E-state index contributed by atoms with van der Waals surface area (Å²) < 4.78 is 50.0. The van der Waals surface area contributed by atoms with E-state index < -0.39 is 51.7 Å². The fourth-order valence-corrected chi connectivity index (χ4v) is 7.03. The van der Waals surface area contributed by atoms with Gasteiger partial charge in [0.25, 0.3) is 5.91 Å². The first-order valence-corrected chi connectivity index (χ1v) is 14.6. The largest absolute Gasteiger partial charge is 0.350 e. The second kappa shape index (κ2) is 11.0. The number of alkyl halides is 1. The molecule has 41 heavy (non-hydrogen) atoms. The van der Waals surface area contributed by atoms with Crippen molar-refractivity contribution >= 4 is 55.9 Å². The van der Waals surface area contributed by atoms with Crippen molar-refractivity contribution in [2.24, 2.45) is 4.36 Å². The van der Waals surface area contributed by atoms with Crippen LogP contribution < -0.4 is 10.0 Å². The monoisotopic (exact) mass is 605 g/mol. The van der Waals surface area contributed by atoms with Crippen molar-refractivity contribution in [3.05, 3.63) is 64.6 Å². The molecule has 14 heteroatoms. The molecule has 2 aliphatic rings. The van der Waals surface area contributed by atoms with Gasteiger partial charge in [-0.15, -0.1) is 4.36 Å². The average molecular weight is 606 g/mol. The van der Waals surface area contributed by atoms with E-state index in [1.165, 1.54) is 48.0 Å². The number of amides is 3. The lowest BCUT2D eigenvalue weighted by molar-refractivity contribution is -0.139. The number of fused-ring (bicyclic) bond motifs is 1. The third-order valence-corrected chi connectivity index (χ3v) is 9.44. The van der Waals surface area contributed by atoms with Gasteiger partial charge in [-0.2, -0.15) is 0 Å². The minimum atomic E-state index is -3.26. The van der Waals surface area contributed by atoms with E-state index in [9.17, 15) is 32.2 Å². The molecule has 0 aliphatic carbocycles. The highest BCUT2D eigenvalue weighted by Gasteiger charge is 2.40. The van der Waals surface area contributed by atoms with Crippen LogP contribution in [0.15, 0.2) is 51.9 Å². The fourth-order valence-electron chi connectivity index (χ4n) is 5.03. The van der Waals surface area contributed by atoms with Gasteiger partial charge in [-0.1, -0.05) is 29.8 Å². The summed E-state index contributed by atoms with van der Waals surface area (Å²) >= 11 is 5.79. The van der Waals surface area contributed by atoms with Crippen molar-refractivity contribution in [2.75, 3.05) is 6.54 Å². The van der Waals surface area contributed by atoms with Crippen LogP contribution in [-0.4, -0.2) is 62.0 Å². The Morgan fingerprint density at radius 3 is 2.68 bits per heavy atom. The number of aromatic nitrogens is 1. The average Bonchev–Trinajstić information content (AvgIpc) is 3.57. The molecule has 0 bridgehead atoms. The number of nitrogens with zero attached hydrogens (tertiary/aromatic N) is 3. The van der Waals surface area contributed by atoms with Crippen LogP contribution in [0, 0.1) is 5.82 Å². The molecular weight excluding hydrogens is 580 g/mol. The lowest BCUT2D eigenvalue weighted by atomic mass is 10.1. The number of benzene rings is 2. The van der Waals surface area contributed by atoms with E-state index in [1.54, 1.807) is 13.0 Å². The first-order valence-electron chi connectivity index (χ1n) is 12.7. The summed E-state index contributed by atoms with van der Waals surface area (Å²) in [5.41, 5.74) is 0.821. The first kappa shape index (κ1) is 28.8. The Morgan fingerprint density at radius 2 is 2.00 bits per heavy atom. The Bertz CT molecular complexity index is 1730. The highest BCUT2D eigenvalue weighted by atomic mass is 35.5. The minimum absolute atomic E-state index is 0.103. The summed E-state index contributed by atoms with van der Waals surface area (Å²) in [6, 6.07) is 7.05. The normalized spacial score (nSPS) is 24.1. The Balaban J connectivity index is 1.41. The molecule has 10 nitrogen and oxygen atoms in total. The maximum atomic E-state index is 14.5. The van der Waals surface area contributed by atoms with Crippen LogP contribution in [0.3, 0.4) is 0 Å². The van der Waals surface area contributed by atoms with Crippen LogP contribution in [-0.2, 0) is 37.4 Å². The van der Waals surface area contributed by atoms with E-state index in [0.717, 1.165) is 4.90 Å². The third kappa shape index (κ3) is 5.48. The number of Topliss-reactive ketones (excluding diaryl/α,β-unsaturated/α-hetero) is 1. The van der Waals surface area contributed by atoms with Crippen molar-refractivity contribution in [2.45, 2.75) is 56.5 Å². The number of ketones is 1. The van der Waals surface area contributed by atoms with E-state index in [2.05, 4.69) is 14.4 Å². The Labute approximate surface area is 239 Å². The number of likely N-dealkylation sites (tertiary alicyclic amines) is 1. The zero-order valence-corrected chi connectivity index (χ0v) is 23.6. The van der Waals surface area contributed by atoms with Crippen LogP contribution in [0.4, 0.5) is 8.78 Å². The van der Waals surface area contributed by atoms with E-state index in [4.69, 9.17) is 11.6 Å². The van der Waals surface area contributed by atoms with Gasteiger partial charge in [0.2, 0.25) is 11.8 Å². The Morgan fingerprint density at radius 1 is 1.24 bits per heavy atom. The molecule has 2 aliphatic heterocycles. The number of carbonyl (C=O) groups is 4. The predicted octanol–water partition coefficient (Wildman–Crippen LogP) is 3.15. The molecule has 1 unspecified atom stereocenters. The molecule has 2 N–H and O–H groups in total. The van der Waals surface area contributed by atoms with Crippen molar-refractivity contribution in [1.82, 2.24) is 19.5 Å². The Kier molecular flexibility index (Phi) is 7.70. The van der Waals surface area contributed by atoms with Gasteiger partial charge in [-0.3, -0.25) is 19.2 Å². The van der Waals surface area contributed by atoms with Crippen LogP contribution in [0.25, 0.3) is 10.9 Å². The molecule has 3 amide bonds. The van der Waals surface area contributed by atoms with Gasteiger partial charge in [0.05, 0.1) is 28.0 Å². The quantitative estimate of drug-likeness (QED) is 0.400. The molecule has 216 valence electrons. The summed E-state index contributed by atoms with van der Waals surface area (Å²) in [4.78, 5) is 52.0. The standard InChI is InChI=1S/C27H26ClF2N5O5S/c1-14-26(38)33-41(40,32-14)18-6-7-19-20(15(2)36)12-34(22(19)9-18)13-24(37)35-11-17(29)8-23(35)27(39)31-10-16-4-3-5-21(28)25(16)30/h3-7,9,12,14,17,23H,8,10-11,13H2,1-2H3,(H,31,39)(H,32,33,38,40)/t14-,17+,23-,41?/m0/s1. The van der Waals surface area contributed by atoms with Gasteiger partial charge >= 0.3 is 0 Å². The highest BCUT2D eigenvalue weighted by Crippen LogP contribution is 2.29. The van der Waals surface area contributed by atoms with Crippen molar-refractivity contribution < 1.29 is 32.2 Å². The fraction of sp³-hybridized carbons (Fsp3) is 0.333. The van der Waals surface area contributed by atoms with Crippen molar-refractivity contribution in [3.8, 4) is 0 Å². The second-order valence-electron chi connectivity index (χ2n) is 10.0.